The van der Waals surface area contributed by atoms with Crippen LogP contribution in [0.15, 0.2) is 41.2 Å². The Labute approximate surface area is 95.5 Å². The molecular weight excluding hydrogens is 200 g/mol. The normalized spacial score (nSPS) is 10.4. The van der Waals surface area contributed by atoms with E-state index in [1.54, 1.807) is 12.5 Å². The van der Waals surface area contributed by atoms with Crippen LogP contribution in [-0.2, 0) is 6.54 Å². The SMILES string of the molecule is Cc1cc(N(C)Cc2ccoc2)ccc1N. The maximum Gasteiger partial charge on any atom is 0.0952 e. The van der Waals surface area contributed by atoms with Crippen molar-refractivity contribution in [1.29, 1.82) is 0 Å². The van der Waals surface area contributed by atoms with Crippen LogP contribution in [0.3, 0.4) is 0 Å². The van der Waals surface area contributed by atoms with Crippen LogP contribution in [0.5, 0.6) is 0 Å². The van der Waals surface area contributed by atoms with Gasteiger partial charge in [0.1, 0.15) is 0 Å². The molecule has 0 saturated carbocycles. The Bertz CT molecular complexity index is 463. The van der Waals surface area contributed by atoms with E-state index in [-0.39, 0.29) is 0 Å². The van der Waals surface area contributed by atoms with Gasteiger partial charge in [0, 0.05) is 30.5 Å². The van der Waals surface area contributed by atoms with Crippen molar-refractivity contribution in [2.75, 3.05) is 17.7 Å². The third-order valence-electron chi connectivity index (χ3n) is 2.69. The van der Waals surface area contributed by atoms with Crippen molar-refractivity contribution in [3.8, 4) is 0 Å². The average Bonchev–Trinajstić information content (AvgIpc) is 2.74. The zero-order chi connectivity index (χ0) is 11.5. The molecule has 0 aliphatic heterocycles. The van der Waals surface area contributed by atoms with Gasteiger partial charge in [-0.25, -0.2) is 0 Å². The van der Waals surface area contributed by atoms with Crippen molar-refractivity contribution in [3.63, 3.8) is 0 Å². The lowest BCUT2D eigenvalue weighted by atomic mass is 10.1. The molecule has 2 rings (SSSR count). The molecule has 1 aromatic carbocycles. The molecule has 0 amide bonds. The molecule has 84 valence electrons. The number of rotatable bonds is 3. The smallest absolute Gasteiger partial charge is 0.0952 e. The summed E-state index contributed by atoms with van der Waals surface area (Å²) in [4.78, 5) is 2.16. The second-order valence-electron chi connectivity index (χ2n) is 4.03. The zero-order valence-electron chi connectivity index (χ0n) is 9.60. The first-order valence-corrected chi connectivity index (χ1v) is 5.25. The Balaban J connectivity index is 2.14. The molecule has 3 heteroatoms. The van der Waals surface area contributed by atoms with Gasteiger partial charge in [-0.15, -0.1) is 0 Å². The minimum Gasteiger partial charge on any atom is -0.472 e. The van der Waals surface area contributed by atoms with Gasteiger partial charge in [-0.3, -0.25) is 0 Å². The minimum absolute atomic E-state index is 0.833. The maximum atomic E-state index is 5.79. The summed E-state index contributed by atoms with van der Waals surface area (Å²) in [5.74, 6) is 0. The first kappa shape index (κ1) is 10.6. The molecule has 3 nitrogen and oxygen atoms in total. The molecule has 0 radical (unpaired) electrons. The highest BCUT2D eigenvalue weighted by Gasteiger charge is 2.04. The minimum atomic E-state index is 0.833. The van der Waals surface area contributed by atoms with E-state index >= 15 is 0 Å². The molecule has 16 heavy (non-hydrogen) atoms. The summed E-state index contributed by atoms with van der Waals surface area (Å²) < 4.78 is 5.05. The summed E-state index contributed by atoms with van der Waals surface area (Å²) in [6, 6.07) is 8.04. The number of hydrogen-bond donors (Lipinski definition) is 1. The van der Waals surface area contributed by atoms with Crippen LogP contribution in [0.4, 0.5) is 11.4 Å². The highest BCUT2D eigenvalue weighted by Crippen LogP contribution is 2.21. The topological polar surface area (TPSA) is 42.4 Å². The molecule has 0 aliphatic rings. The third-order valence-corrected chi connectivity index (χ3v) is 2.69. The predicted molar refractivity (Wildman–Crippen MR) is 66.4 cm³/mol. The van der Waals surface area contributed by atoms with Gasteiger partial charge in [-0.2, -0.15) is 0 Å². The monoisotopic (exact) mass is 216 g/mol. The lowest BCUT2D eigenvalue weighted by Gasteiger charge is -2.19. The van der Waals surface area contributed by atoms with Crippen molar-refractivity contribution in [2.24, 2.45) is 0 Å². The number of anilines is 2. The molecule has 2 N–H and O–H groups in total. The van der Waals surface area contributed by atoms with E-state index in [0.29, 0.717) is 0 Å². The molecule has 0 aliphatic carbocycles. The number of nitrogen functional groups attached to an aromatic ring is 1. The Morgan fingerprint density at radius 2 is 2.12 bits per heavy atom. The van der Waals surface area contributed by atoms with Gasteiger partial charge < -0.3 is 15.1 Å². The van der Waals surface area contributed by atoms with Gasteiger partial charge in [-0.05, 0) is 36.8 Å². The van der Waals surface area contributed by atoms with Crippen molar-refractivity contribution in [2.45, 2.75) is 13.5 Å². The van der Waals surface area contributed by atoms with Crippen LogP contribution in [0, 0.1) is 6.92 Å². The molecule has 0 unspecified atom stereocenters. The Kier molecular flexibility index (Phi) is 2.86. The van der Waals surface area contributed by atoms with E-state index in [1.807, 2.05) is 25.1 Å². The Hall–Kier alpha value is -1.90. The molecule has 1 aromatic heterocycles. The molecule has 2 aromatic rings. The molecule has 0 atom stereocenters. The number of nitrogens with two attached hydrogens (primary N) is 1. The fourth-order valence-electron chi connectivity index (χ4n) is 1.65. The first-order chi connectivity index (χ1) is 7.66. The second kappa shape index (κ2) is 4.31. The van der Waals surface area contributed by atoms with Crippen molar-refractivity contribution >= 4 is 11.4 Å². The van der Waals surface area contributed by atoms with Crippen LogP contribution in [-0.4, -0.2) is 7.05 Å². The average molecular weight is 216 g/mol. The van der Waals surface area contributed by atoms with Gasteiger partial charge >= 0.3 is 0 Å². The molecule has 0 spiro atoms. The standard InChI is InChI=1S/C13H16N2O/c1-10-7-12(3-4-13(10)14)15(2)8-11-5-6-16-9-11/h3-7,9H,8,14H2,1-2H3. The van der Waals surface area contributed by atoms with Gasteiger partial charge in [0.25, 0.3) is 0 Å². The van der Waals surface area contributed by atoms with E-state index in [9.17, 15) is 0 Å². The van der Waals surface area contributed by atoms with Gasteiger partial charge in [0.15, 0.2) is 0 Å². The van der Waals surface area contributed by atoms with E-state index in [4.69, 9.17) is 10.2 Å². The summed E-state index contributed by atoms with van der Waals surface area (Å²) in [5.41, 5.74) is 10.1. The summed E-state index contributed by atoms with van der Waals surface area (Å²) in [6.07, 6.45) is 3.46. The third kappa shape index (κ3) is 2.19. The summed E-state index contributed by atoms with van der Waals surface area (Å²) in [6.45, 7) is 2.85. The summed E-state index contributed by atoms with van der Waals surface area (Å²) >= 11 is 0. The van der Waals surface area contributed by atoms with Crippen molar-refractivity contribution in [1.82, 2.24) is 0 Å². The van der Waals surface area contributed by atoms with Crippen LogP contribution >= 0.6 is 0 Å². The summed E-state index contributed by atoms with van der Waals surface area (Å²) in [5, 5.41) is 0. The Morgan fingerprint density at radius 3 is 2.75 bits per heavy atom. The fraction of sp³-hybridized carbons (Fsp3) is 0.231. The van der Waals surface area contributed by atoms with E-state index in [2.05, 4.69) is 18.0 Å². The number of furan rings is 1. The lowest BCUT2D eigenvalue weighted by Crippen LogP contribution is -2.16. The Morgan fingerprint density at radius 1 is 1.31 bits per heavy atom. The molecular formula is C13H16N2O. The van der Waals surface area contributed by atoms with Gasteiger partial charge in [0.05, 0.1) is 12.5 Å². The number of nitrogens with zero attached hydrogens (tertiary/aromatic N) is 1. The molecule has 0 bridgehead atoms. The highest BCUT2D eigenvalue weighted by atomic mass is 16.3. The summed E-state index contributed by atoms with van der Waals surface area (Å²) in [7, 11) is 2.05. The fourth-order valence-corrected chi connectivity index (χ4v) is 1.65. The molecule has 1 heterocycles. The van der Waals surface area contributed by atoms with Crippen molar-refractivity contribution < 1.29 is 4.42 Å². The quantitative estimate of drug-likeness (QED) is 0.802. The number of benzene rings is 1. The second-order valence-corrected chi connectivity index (χ2v) is 4.03. The van der Waals surface area contributed by atoms with Crippen LogP contribution in [0.25, 0.3) is 0 Å². The molecule has 0 fully saturated rings. The van der Waals surface area contributed by atoms with E-state index in [1.165, 1.54) is 0 Å². The highest BCUT2D eigenvalue weighted by molar-refractivity contribution is 5.57. The predicted octanol–water partition coefficient (Wildman–Crippen LogP) is 2.81. The van der Waals surface area contributed by atoms with Crippen LogP contribution < -0.4 is 10.6 Å². The lowest BCUT2D eigenvalue weighted by molar-refractivity contribution is 0.563. The number of aryl methyl sites for hydroxylation is 1. The maximum absolute atomic E-state index is 5.79. The first-order valence-electron chi connectivity index (χ1n) is 5.25. The zero-order valence-corrected chi connectivity index (χ0v) is 9.60. The number of hydrogen-bond acceptors (Lipinski definition) is 3. The molecule has 0 saturated heterocycles. The van der Waals surface area contributed by atoms with E-state index < -0.39 is 0 Å². The van der Waals surface area contributed by atoms with Gasteiger partial charge in [-0.1, -0.05) is 0 Å². The van der Waals surface area contributed by atoms with E-state index in [0.717, 1.165) is 29.0 Å². The largest absolute Gasteiger partial charge is 0.472 e. The van der Waals surface area contributed by atoms with Crippen LogP contribution in [0.2, 0.25) is 0 Å². The van der Waals surface area contributed by atoms with Crippen LogP contribution in [0.1, 0.15) is 11.1 Å². The van der Waals surface area contributed by atoms with Gasteiger partial charge in [0.2, 0.25) is 0 Å². The van der Waals surface area contributed by atoms with Crippen molar-refractivity contribution in [3.05, 3.63) is 47.9 Å².